The maximum Gasteiger partial charge on any atom is 0.414 e. The van der Waals surface area contributed by atoms with Gasteiger partial charge >= 0.3 is 6.09 Å². The van der Waals surface area contributed by atoms with Crippen molar-refractivity contribution in [3.63, 3.8) is 0 Å². The topological polar surface area (TPSA) is 102 Å². The number of aliphatic hydroxyl groups excluding tert-OH is 1. The molecule has 2 aromatic heterocycles. The van der Waals surface area contributed by atoms with Gasteiger partial charge in [-0.2, -0.15) is 0 Å². The molecule has 2 aliphatic heterocycles. The lowest BCUT2D eigenvalue weighted by Gasteiger charge is -2.34. The van der Waals surface area contributed by atoms with E-state index in [2.05, 4.69) is 9.88 Å². The average molecular weight is 452 g/mol. The van der Waals surface area contributed by atoms with Crippen LogP contribution in [0.1, 0.15) is 36.5 Å². The molecule has 2 N–H and O–H groups in total. The third kappa shape index (κ3) is 3.61. The minimum Gasteiger partial charge on any atom is -0.452 e. The van der Waals surface area contributed by atoms with Gasteiger partial charge in [-0.3, -0.25) is 9.69 Å². The van der Waals surface area contributed by atoms with Gasteiger partial charge < -0.3 is 24.3 Å². The van der Waals surface area contributed by atoms with E-state index in [1.807, 2.05) is 25.1 Å². The van der Waals surface area contributed by atoms with Crippen LogP contribution in [0.3, 0.4) is 0 Å². The molecule has 2 atom stereocenters. The zero-order valence-corrected chi connectivity index (χ0v) is 19.0. The second-order valence-electron chi connectivity index (χ2n) is 8.72. The zero-order chi connectivity index (χ0) is 23.1. The number of hydrogen-bond donors (Lipinski definition) is 2. The lowest BCUT2D eigenvalue weighted by molar-refractivity contribution is 0.175. The Labute approximate surface area is 191 Å². The summed E-state index contributed by atoms with van der Waals surface area (Å²) in [5.74, 6) is 0.910. The molecule has 3 aromatic rings. The molecule has 9 nitrogen and oxygen atoms in total. The predicted octanol–water partition coefficient (Wildman–Crippen LogP) is 1.98. The highest BCUT2D eigenvalue weighted by atomic mass is 16.5. The monoisotopic (exact) mass is 451 g/mol. The SMILES string of the molecule is COC(=O)N1c2ccc3c(nc4n3CCN[C@@H](CO)c3cccc(=O)n3CC4)c2CC[C@@H]1C. The number of carbonyl (C=O) groups is 1. The summed E-state index contributed by atoms with van der Waals surface area (Å²) in [4.78, 5) is 31.8. The van der Waals surface area contributed by atoms with Crippen LogP contribution in [0.15, 0.2) is 35.1 Å². The first-order valence-corrected chi connectivity index (χ1v) is 11.5. The number of aromatic nitrogens is 3. The largest absolute Gasteiger partial charge is 0.452 e. The number of hydrogen-bond acceptors (Lipinski definition) is 6. The highest BCUT2D eigenvalue weighted by Crippen LogP contribution is 2.36. The number of pyridine rings is 1. The first-order chi connectivity index (χ1) is 16.0. The lowest BCUT2D eigenvalue weighted by Crippen LogP contribution is -2.42. The van der Waals surface area contributed by atoms with Gasteiger partial charge in [0.05, 0.1) is 36.5 Å². The van der Waals surface area contributed by atoms with Crippen LogP contribution in [0.4, 0.5) is 10.5 Å². The molecule has 0 saturated carbocycles. The Bertz CT molecular complexity index is 1260. The molecule has 5 rings (SSSR count). The quantitative estimate of drug-likeness (QED) is 0.587. The first kappa shape index (κ1) is 21.7. The first-order valence-electron chi connectivity index (χ1n) is 11.5. The number of amides is 1. The minimum atomic E-state index is -0.358. The number of aryl methyl sites for hydroxylation is 2. The van der Waals surface area contributed by atoms with Crippen LogP contribution in [0.5, 0.6) is 0 Å². The van der Waals surface area contributed by atoms with Crippen molar-refractivity contribution in [1.29, 1.82) is 0 Å². The molecule has 174 valence electrons. The van der Waals surface area contributed by atoms with E-state index in [1.165, 1.54) is 7.11 Å². The smallest absolute Gasteiger partial charge is 0.414 e. The number of methoxy groups -OCH3 is 1. The molecule has 0 saturated heterocycles. The molecule has 1 aromatic carbocycles. The number of rotatable bonds is 1. The normalized spacial score (nSPS) is 20.6. The van der Waals surface area contributed by atoms with Gasteiger partial charge in [0.1, 0.15) is 5.82 Å². The summed E-state index contributed by atoms with van der Waals surface area (Å²) in [5, 5.41) is 13.3. The van der Waals surface area contributed by atoms with Crippen molar-refractivity contribution in [2.45, 2.75) is 51.4 Å². The Kier molecular flexibility index (Phi) is 5.67. The number of nitrogens with one attached hydrogen (secondary N) is 1. The third-order valence-corrected chi connectivity index (χ3v) is 6.87. The Balaban J connectivity index is 1.60. The van der Waals surface area contributed by atoms with Gasteiger partial charge in [0.2, 0.25) is 0 Å². The average Bonchev–Trinajstić information content (AvgIpc) is 3.18. The van der Waals surface area contributed by atoms with Crippen molar-refractivity contribution in [3.05, 3.63) is 57.8 Å². The molecule has 0 radical (unpaired) electrons. The molecule has 0 unspecified atom stereocenters. The molecule has 9 heteroatoms. The second-order valence-corrected chi connectivity index (χ2v) is 8.72. The van der Waals surface area contributed by atoms with Gasteiger partial charge in [-0.1, -0.05) is 6.07 Å². The minimum absolute atomic E-state index is 0.0565. The van der Waals surface area contributed by atoms with Gasteiger partial charge in [0.15, 0.2) is 0 Å². The van der Waals surface area contributed by atoms with Crippen LogP contribution in [-0.4, -0.2) is 51.6 Å². The van der Waals surface area contributed by atoms with Crippen LogP contribution in [0.25, 0.3) is 11.0 Å². The lowest BCUT2D eigenvalue weighted by atomic mass is 9.96. The summed E-state index contributed by atoms with van der Waals surface area (Å²) in [6, 6.07) is 8.93. The summed E-state index contributed by atoms with van der Waals surface area (Å²) in [7, 11) is 1.41. The van der Waals surface area contributed by atoms with Crippen molar-refractivity contribution >= 4 is 22.8 Å². The highest BCUT2D eigenvalue weighted by Gasteiger charge is 2.31. The van der Waals surface area contributed by atoms with Crippen LogP contribution in [-0.2, 0) is 30.7 Å². The molecule has 0 aliphatic carbocycles. The van der Waals surface area contributed by atoms with E-state index in [0.29, 0.717) is 26.1 Å². The van der Waals surface area contributed by atoms with Gasteiger partial charge in [-0.15, -0.1) is 0 Å². The number of benzene rings is 1. The number of fused-ring (bicyclic) bond motifs is 6. The Hall–Kier alpha value is -3.17. The molecule has 4 heterocycles. The summed E-state index contributed by atoms with van der Waals surface area (Å²) < 4.78 is 8.95. The maximum absolute atomic E-state index is 12.6. The van der Waals surface area contributed by atoms with Gasteiger partial charge in [0.25, 0.3) is 5.56 Å². The zero-order valence-electron chi connectivity index (χ0n) is 19.0. The highest BCUT2D eigenvalue weighted by molar-refractivity contribution is 5.95. The number of anilines is 1. The summed E-state index contributed by atoms with van der Waals surface area (Å²) >= 11 is 0. The Morgan fingerprint density at radius 3 is 2.85 bits per heavy atom. The molecule has 2 aliphatic rings. The fraction of sp³-hybridized carbons (Fsp3) is 0.458. The summed E-state index contributed by atoms with van der Waals surface area (Å²) in [6.07, 6.45) is 1.91. The third-order valence-electron chi connectivity index (χ3n) is 6.87. The van der Waals surface area contributed by atoms with E-state index in [0.717, 1.165) is 46.6 Å². The van der Waals surface area contributed by atoms with Crippen LogP contribution < -0.4 is 15.8 Å². The molecule has 0 fully saturated rings. The van der Waals surface area contributed by atoms with E-state index in [9.17, 15) is 14.7 Å². The van der Waals surface area contributed by atoms with E-state index in [-0.39, 0.29) is 30.3 Å². The number of aliphatic hydroxyl groups is 1. The van der Waals surface area contributed by atoms with Gasteiger partial charge in [-0.05, 0) is 38.0 Å². The summed E-state index contributed by atoms with van der Waals surface area (Å²) in [6.45, 7) is 3.73. The van der Waals surface area contributed by atoms with Crippen LogP contribution in [0.2, 0.25) is 0 Å². The van der Waals surface area contributed by atoms with Crippen molar-refractivity contribution in [1.82, 2.24) is 19.4 Å². The number of imidazole rings is 1. The summed E-state index contributed by atoms with van der Waals surface area (Å²) in [5.41, 5.74) is 4.54. The predicted molar refractivity (Wildman–Crippen MR) is 125 cm³/mol. The number of nitrogens with zero attached hydrogens (tertiary/aromatic N) is 4. The molecular formula is C24H29N5O4. The van der Waals surface area contributed by atoms with E-state index in [4.69, 9.17) is 9.72 Å². The van der Waals surface area contributed by atoms with Crippen molar-refractivity contribution < 1.29 is 14.6 Å². The van der Waals surface area contributed by atoms with Gasteiger partial charge in [0, 0.05) is 49.4 Å². The molecule has 33 heavy (non-hydrogen) atoms. The fourth-order valence-electron chi connectivity index (χ4n) is 5.20. The maximum atomic E-state index is 12.6. The standard InChI is InChI=1S/C24H29N5O4/c1-15-6-7-16-18(29(15)24(32)33-2)8-9-20-23(16)26-21-10-12-28-19(4-3-5-22(28)31)17(14-30)25-11-13-27(20)21/h3-5,8-9,15,17,25,30H,6-7,10-14H2,1-2H3/t15-,17-/m0/s1. The van der Waals surface area contributed by atoms with Crippen molar-refractivity contribution in [3.8, 4) is 0 Å². The van der Waals surface area contributed by atoms with Gasteiger partial charge in [-0.25, -0.2) is 9.78 Å². The number of carbonyl (C=O) groups excluding carboxylic acids is 1. The fourth-order valence-corrected chi connectivity index (χ4v) is 5.20. The molecule has 1 amide bonds. The number of ether oxygens (including phenoxy) is 1. The second kappa shape index (κ2) is 8.64. The van der Waals surface area contributed by atoms with Crippen LogP contribution >= 0.6 is 0 Å². The van der Waals surface area contributed by atoms with Crippen molar-refractivity contribution in [2.24, 2.45) is 0 Å². The van der Waals surface area contributed by atoms with E-state index in [1.54, 1.807) is 21.6 Å². The molecular weight excluding hydrogens is 422 g/mol. The van der Waals surface area contributed by atoms with Crippen LogP contribution in [0, 0.1) is 0 Å². The molecule has 0 bridgehead atoms. The Morgan fingerprint density at radius 1 is 1.21 bits per heavy atom. The Morgan fingerprint density at radius 2 is 2.06 bits per heavy atom. The van der Waals surface area contributed by atoms with E-state index < -0.39 is 0 Å². The molecule has 0 spiro atoms. The van der Waals surface area contributed by atoms with Crippen molar-refractivity contribution in [2.75, 3.05) is 25.2 Å². The van der Waals surface area contributed by atoms with E-state index >= 15 is 0 Å².